The number of carboxylic acid groups (broad SMARTS) is 2. The highest BCUT2D eigenvalue weighted by Crippen LogP contribution is 2.39. The van der Waals surface area contributed by atoms with E-state index in [1.165, 1.54) is 6.08 Å². The molecule has 22 heavy (non-hydrogen) atoms. The van der Waals surface area contributed by atoms with E-state index in [4.69, 9.17) is 11.6 Å². The molecule has 6 heteroatoms. The summed E-state index contributed by atoms with van der Waals surface area (Å²) in [5, 5.41) is 19.4. The number of allylic oxidation sites excluding steroid dienone is 2. The van der Waals surface area contributed by atoms with E-state index in [2.05, 4.69) is 15.9 Å². The van der Waals surface area contributed by atoms with E-state index in [1.807, 2.05) is 0 Å². The van der Waals surface area contributed by atoms with Crippen molar-refractivity contribution in [3.63, 3.8) is 0 Å². The minimum atomic E-state index is -1.29. The first-order valence-corrected chi connectivity index (χ1v) is 7.71. The molecule has 0 saturated heterocycles. The Labute approximate surface area is 141 Å². The van der Waals surface area contributed by atoms with Crippen molar-refractivity contribution < 1.29 is 19.8 Å². The first kappa shape index (κ1) is 16.8. The third-order valence-electron chi connectivity index (χ3n) is 3.63. The fourth-order valence-corrected chi connectivity index (χ4v) is 3.26. The van der Waals surface area contributed by atoms with Crippen molar-refractivity contribution in [2.45, 2.75) is 19.8 Å². The maximum absolute atomic E-state index is 11.9. The number of hydrogen-bond acceptors (Lipinski definition) is 2. The molecule has 116 valence electrons. The summed E-state index contributed by atoms with van der Waals surface area (Å²) < 4.78 is 0.745. The number of benzene rings is 1. The molecule has 0 fully saturated rings. The van der Waals surface area contributed by atoms with Crippen molar-refractivity contribution in [2.75, 3.05) is 0 Å². The van der Waals surface area contributed by atoms with Crippen LogP contribution in [-0.2, 0) is 16.0 Å². The summed E-state index contributed by atoms with van der Waals surface area (Å²) in [6.45, 7) is 1.70. The Hall–Kier alpha value is -1.59. The zero-order chi connectivity index (χ0) is 16.5. The van der Waals surface area contributed by atoms with Gasteiger partial charge in [0, 0.05) is 15.1 Å². The first-order valence-electron chi connectivity index (χ1n) is 6.54. The van der Waals surface area contributed by atoms with E-state index >= 15 is 0 Å². The molecular weight excluding hydrogens is 372 g/mol. The van der Waals surface area contributed by atoms with Gasteiger partial charge in [0.25, 0.3) is 0 Å². The van der Waals surface area contributed by atoms with E-state index in [0.717, 1.165) is 10.0 Å². The van der Waals surface area contributed by atoms with Gasteiger partial charge in [-0.05, 0) is 49.6 Å². The molecule has 1 atom stereocenters. The lowest BCUT2D eigenvalue weighted by atomic mass is 9.72. The maximum atomic E-state index is 11.9. The maximum Gasteiger partial charge on any atom is 0.331 e. The largest absolute Gasteiger partial charge is 0.481 e. The van der Waals surface area contributed by atoms with Gasteiger partial charge >= 0.3 is 11.9 Å². The van der Waals surface area contributed by atoms with Gasteiger partial charge in [-0.25, -0.2) is 4.79 Å². The molecular formula is C16H14BrClO4. The average molecular weight is 386 g/mol. The Bertz CT molecular complexity index is 708. The van der Waals surface area contributed by atoms with E-state index in [0.29, 0.717) is 10.6 Å². The van der Waals surface area contributed by atoms with Gasteiger partial charge in [0.05, 0.1) is 5.41 Å². The lowest BCUT2D eigenvalue weighted by Gasteiger charge is -2.30. The summed E-state index contributed by atoms with van der Waals surface area (Å²) in [7, 11) is 0. The summed E-state index contributed by atoms with van der Waals surface area (Å²) in [6.07, 6.45) is 3.23. The zero-order valence-electron chi connectivity index (χ0n) is 11.8. The quantitative estimate of drug-likeness (QED) is 0.819. The number of rotatable bonds is 4. The van der Waals surface area contributed by atoms with Crippen LogP contribution in [0.25, 0.3) is 0 Å². The normalized spacial score (nSPS) is 21.0. The molecule has 0 aromatic heterocycles. The highest BCUT2D eigenvalue weighted by Gasteiger charge is 2.41. The van der Waals surface area contributed by atoms with E-state index in [9.17, 15) is 19.8 Å². The van der Waals surface area contributed by atoms with Gasteiger partial charge in [0.1, 0.15) is 0 Å². The van der Waals surface area contributed by atoms with Gasteiger partial charge in [0.15, 0.2) is 0 Å². The molecule has 0 radical (unpaired) electrons. The van der Waals surface area contributed by atoms with Crippen LogP contribution in [-0.4, -0.2) is 22.2 Å². The van der Waals surface area contributed by atoms with Crippen molar-refractivity contribution in [3.8, 4) is 0 Å². The van der Waals surface area contributed by atoms with Crippen LogP contribution in [0.5, 0.6) is 0 Å². The van der Waals surface area contributed by atoms with Crippen LogP contribution in [0, 0.1) is 5.41 Å². The monoisotopic (exact) mass is 384 g/mol. The zero-order valence-corrected chi connectivity index (χ0v) is 14.1. The molecule has 0 amide bonds. The highest BCUT2D eigenvalue weighted by molar-refractivity contribution is 9.10. The van der Waals surface area contributed by atoms with Crippen LogP contribution < -0.4 is 0 Å². The number of carboxylic acids is 2. The Morgan fingerprint density at radius 2 is 2.05 bits per heavy atom. The van der Waals surface area contributed by atoms with E-state index in [1.54, 1.807) is 31.2 Å². The summed E-state index contributed by atoms with van der Waals surface area (Å²) in [4.78, 5) is 23.1. The van der Waals surface area contributed by atoms with Crippen LogP contribution in [0.15, 0.2) is 46.0 Å². The molecule has 0 spiro atoms. The molecule has 1 unspecified atom stereocenters. The molecule has 4 nitrogen and oxygen atoms in total. The number of hydrogen-bond donors (Lipinski definition) is 2. The molecule has 0 saturated carbocycles. The summed E-state index contributed by atoms with van der Waals surface area (Å²) >= 11 is 9.36. The third-order valence-corrected chi connectivity index (χ3v) is 4.63. The number of halogens is 2. The lowest BCUT2D eigenvalue weighted by molar-refractivity contribution is -0.146. The molecule has 1 aliphatic rings. The predicted octanol–water partition coefficient (Wildman–Crippen LogP) is 4.08. The lowest BCUT2D eigenvalue weighted by Crippen LogP contribution is -2.35. The Morgan fingerprint density at radius 3 is 2.64 bits per heavy atom. The van der Waals surface area contributed by atoms with Crippen molar-refractivity contribution in [2.24, 2.45) is 5.41 Å². The predicted molar refractivity (Wildman–Crippen MR) is 87.0 cm³/mol. The summed E-state index contributed by atoms with van der Waals surface area (Å²) in [6, 6.07) is 5.14. The first-order chi connectivity index (χ1) is 10.2. The van der Waals surface area contributed by atoms with Crippen LogP contribution in [0.3, 0.4) is 0 Å². The van der Waals surface area contributed by atoms with E-state index < -0.39 is 17.4 Å². The minimum Gasteiger partial charge on any atom is -0.481 e. The molecule has 2 N–H and O–H groups in total. The summed E-state index contributed by atoms with van der Waals surface area (Å²) in [5.41, 5.74) is 0.162. The van der Waals surface area contributed by atoms with Gasteiger partial charge in [0.2, 0.25) is 0 Å². The van der Waals surface area contributed by atoms with Gasteiger partial charge in [-0.15, -0.1) is 0 Å². The van der Waals surface area contributed by atoms with Crippen LogP contribution in [0.2, 0.25) is 5.02 Å². The second kappa shape index (κ2) is 6.26. The second-order valence-electron chi connectivity index (χ2n) is 5.41. The Morgan fingerprint density at radius 1 is 1.36 bits per heavy atom. The molecule has 0 heterocycles. The topological polar surface area (TPSA) is 74.6 Å². The van der Waals surface area contributed by atoms with Crippen molar-refractivity contribution in [3.05, 3.63) is 56.6 Å². The Kier molecular flexibility index (Phi) is 4.78. The summed E-state index contributed by atoms with van der Waals surface area (Å²) in [5.74, 6) is -2.14. The fourth-order valence-electron chi connectivity index (χ4n) is 2.68. The fraction of sp³-hybridized carbons (Fsp3) is 0.250. The third kappa shape index (κ3) is 3.42. The molecule has 0 bridgehead atoms. The van der Waals surface area contributed by atoms with Gasteiger partial charge < -0.3 is 10.2 Å². The van der Waals surface area contributed by atoms with Gasteiger partial charge in [-0.3, -0.25) is 4.79 Å². The average Bonchev–Trinajstić information content (AvgIpc) is 2.42. The van der Waals surface area contributed by atoms with Crippen molar-refractivity contribution in [1.29, 1.82) is 0 Å². The number of aliphatic carboxylic acids is 2. The van der Waals surface area contributed by atoms with Crippen molar-refractivity contribution >= 4 is 39.5 Å². The molecule has 1 aliphatic carbocycles. The van der Waals surface area contributed by atoms with Gasteiger partial charge in [-0.1, -0.05) is 39.2 Å². The SMILES string of the molecule is CC1=CC(Cc2cc(Cl)ccc2Br)(C(=O)O)CC(C(=O)O)=C1. The van der Waals surface area contributed by atoms with Crippen LogP contribution in [0.4, 0.5) is 0 Å². The van der Waals surface area contributed by atoms with Crippen LogP contribution in [0.1, 0.15) is 18.9 Å². The van der Waals surface area contributed by atoms with Gasteiger partial charge in [-0.2, -0.15) is 0 Å². The minimum absolute atomic E-state index is 0.0615. The van der Waals surface area contributed by atoms with Crippen LogP contribution >= 0.6 is 27.5 Å². The van der Waals surface area contributed by atoms with E-state index in [-0.39, 0.29) is 18.4 Å². The number of carbonyl (C=O) groups is 2. The molecule has 1 aromatic carbocycles. The highest BCUT2D eigenvalue weighted by atomic mass is 79.9. The standard InChI is InChI=1S/C16H14BrClO4/c1-9-4-11(14(19)20)8-16(6-9,15(21)22)7-10-5-12(18)2-3-13(10)17/h2-6H,7-8H2,1H3,(H,19,20)(H,21,22). The molecule has 1 aromatic rings. The smallest absolute Gasteiger partial charge is 0.331 e. The second-order valence-corrected chi connectivity index (χ2v) is 6.70. The Balaban J connectivity index is 2.47. The molecule has 2 rings (SSSR count). The van der Waals surface area contributed by atoms with Crippen molar-refractivity contribution in [1.82, 2.24) is 0 Å². The molecule has 0 aliphatic heterocycles.